The van der Waals surface area contributed by atoms with Crippen molar-refractivity contribution in [2.45, 2.75) is 26.4 Å². The van der Waals surface area contributed by atoms with Gasteiger partial charge in [-0.05, 0) is 31.0 Å². The van der Waals surface area contributed by atoms with E-state index in [-0.39, 0.29) is 12.1 Å². The molecule has 1 aromatic carbocycles. The first-order valence-corrected chi connectivity index (χ1v) is 5.85. The summed E-state index contributed by atoms with van der Waals surface area (Å²) in [5.41, 5.74) is -0.260. The van der Waals surface area contributed by atoms with Gasteiger partial charge in [0.25, 0.3) is 0 Å². The van der Waals surface area contributed by atoms with Gasteiger partial charge in [0.05, 0.1) is 11.7 Å². The zero-order valence-corrected chi connectivity index (χ0v) is 10.2. The largest absolute Gasteiger partial charge is 0.387 e. The van der Waals surface area contributed by atoms with E-state index in [0.29, 0.717) is 5.92 Å². The Morgan fingerprint density at radius 1 is 1.24 bits per heavy atom. The third-order valence-corrected chi connectivity index (χ3v) is 2.57. The summed E-state index contributed by atoms with van der Waals surface area (Å²) in [5.74, 6) is -0.851. The van der Waals surface area contributed by atoms with Gasteiger partial charge >= 0.3 is 0 Å². The van der Waals surface area contributed by atoms with Crippen molar-refractivity contribution >= 4 is 0 Å². The highest BCUT2D eigenvalue weighted by atomic mass is 19.1. The summed E-state index contributed by atoms with van der Waals surface area (Å²) in [5, 5.41) is 12.7. The first kappa shape index (κ1) is 14.1. The van der Waals surface area contributed by atoms with Crippen molar-refractivity contribution in [3.63, 3.8) is 0 Å². The van der Waals surface area contributed by atoms with Crippen molar-refractivity contribution in [1.82, 2.24) is 5.32 Å². The third-order valence-electron chi connectivity index (χ3n) is 2.57. The molecule has 0 radical (unpaired) electrons. The maximum atomic E-state index is 13.3. The summed E-state index contributed by atoms with van der Waals surface area (Å²) < 4.78 is 26.6. The first-order chi connectivity index (χ1) is 8.02. The molecule has 0 aliphatic rings. The minimum Gasteiger partial charge on any atom is -0.387 e. The maximum Gasteiger partial charge on any atom is 0.131 e. The first-order valence-electron chi connectivity index (χ1n) is 5.85. The van der Waals surface area contributed by atoms with Gasteiger partial charge in [-0.25, -0.2) is 8.78 Å². The summed E-state index contributed by atoms with van der Waals surface area (Å²) in [6.45, 7) is 5.07. The number of aliphatic hydroxyl groups is 1. The average Bonchev–Trinajstić information content (AvgIpc) is 2.24. The fourth-order valence-corrected chi connectivity index (χ4v) is 1.56. The van der Waals surface area contributed by atoms with Crippen LogP contribution in [0.5, 0.6) is 0 Å². The van der Waals surface area contributed by atoms with E-state index in [1.807, 2.05) is 0 Å². The molecule has 0 amide bonds. The molecular weight excluding hydrogens is 224 g/mol. The van der Waals surface area contributed by atoms with Gasteiger partial charge in [-0.1, -0.05) is 19.9 Å². The number of benzene rings is 1. The van der Waals surface area contributed by atoms with Crippen LogP contribution in [0.4, 0.5) is 8.78 Å². The SMILES string of the molecule is CC(C)CCNCC(O)c1c(F)cccc1F. The van der Waals surface area contributed by atoms with Crippen LogP contribution in [0.2, 0.25) is 0 Å². The number of aliphatic hydroxyl groups excluding tert-OH is 1. The normalized spacial score (nSPS) is 13.1. The van der Waals surface area contributed by atoms with Gasteiger partial charge in [0.1, 0.15) is 11.6 Å². The van der Waals surface area contributed by atoms with Crippen molar-refractivity contribution in [3.05, 3.63) is 35.4 Å². The zero-order valence-electron chi connectivity index (χ0n) is 10.2. The Morgan fingerprint density at radius 2 is 1.82 bits per heavy atom. The highest BCUT2D eigenvalue weighted by Crippen LogP contribution is 2.19. The monoisotopic (exact) mass is 243 g/mol. The van der Waals surface area contributed by atoms with Gasteiger partial charge in [0, 0.05) is 6.54 Å². The molecule has 0 saturated heterocycles. The lowest BCUT2D eigenvalue weighted by Crippen LogP contribution is -2.24. The van der Waals surface area contributed by atoms with Crippen LogP contribution in [0.15, 0.2) is 18.2 Å². The summed E-state index contributed by atoms with van der Waals surface area (Å²) in [6, 6.07) is 3.58. The van der Waals surface area contributed by atoms with E-state index < -0.39 is 17.7 Å². The van der Waals surface area contributed by atoms with Crippen molar-refractivity contribution in [3.8, 4) is 0 Å². The smallest absolute Gasteiger partial charge is 0.131 e. The van der Waals surface area contributed by atoms with Crippen LogP contribution >= 0.6 is 0 Å². The zero-order chi connectivity index (χ0) is 12.8. The van der Waals surface area contributed by atoms with Crippen LogP contribution < -0.4 is 5.32 Å². The van der Waals surface area contributed by atoms with Crippen LogP contribution in [-0.2, 0) is 0 Å². The molecular formula is C13H19F2NO. The Bertz CT molecular complexity index is 335. The summed E-state index contributed by atoms with van der Waals surface area (Å²) in [4.78, 5) is 0. The molecule has 0 aromatic heterocycles. The van der Waals surface area contributed by atoms with Crippen LogP contribution in [0, 0.1) is 17.6 Å². The van der Waals surface area contributed by atoms with E-state index in [1.54, 1.807) is 0 Å². The van der Waals surface area contributed by atoms with Crippen molar-refractivity contribution < 1.29 is 13.9 Å². The number of nitrogens with one attached hydrogen (secondary N) is 1. The maximum absolute atomic E-state index is 13.3. The Labute approximate surface area is 101 Å². The lowest BCUT2D eigenvalue weighted by molar-refractivity contribution is 0.164. The Balaban J connectivity index is 2.49. The minimum absolute atomic E-state index is 0.157. The topological polar surface area (TPSA) is 32.3 Å². The summed E-state index contributed by atoms with van der Waals surface area (Å²) >= 11 is 0. The Morgan fingerprint density at radius 3 is 2.35 bits per heavy atom. The fourth-order valence-electron chi connectivity index (χ4n) is 1.56. The van der Waals surface area contributed by atoms with Gasteiger partial charge in [-0.15, -0.1) is 0 Å². The molecule has 2 N–H and O–H groups in total. The highest BCUT2D eigenvalue weighted by molar-refractivity contribution is 5.22. The predicted molar refractivity (Wildman–Crippen MR) is 63.6 cm³/mol. The highest BCUT2D eigenvalue weighted by Gasteiger charge is 2.16. The van der Waals surface area contributed by atoms with Gasteiger partial charge in [-0.2, -0.15) is 0 Å². The van der Waals surface area contributed by atoms with Crippen LogP contribution in [-0.4, -0.2) is 18.2 Å². The molecule has 0 heterocycles. The number of halogens is 2. The number of rotatable bonds is 6. The predicted octanol–water partition coefficient (Wildman–Crippen LogP) is 2.63. The van der Waals surface area contributed by atoms with Crippen molar-refractivity contribution in [2.75, 3.05) is 13.1 Å². The molecule has 1 aromatic rings. The molecule has 0 fully saturated rings. The lowest BCUT2D eigenvalue weighted by Gasteiger charge is -2.14. The molecule has 0 saturated carbocycles. The molecule has 17 heavy (non-hydrogen) atoms. The van der Waals surface area contributed by atoms with E-state index in [9.17, 15) is 13.9 Å². The molecule has 1 unspecified atom stereocenters. The van der Waals surface area contributed by atoms with Gasteiger partial charge in [0.2, 0.25) is 0 Å². The second-order valence-corrected chi connectivity index (χ2v) is 4.54. The molecule has 0 spiro atoms. The van der Waals surface area contributed by atoms with Gasteiger partial charge in [-0.3, -0.25) is 0 Å². The molecule has 1 rings (SSSR count). The Kier molecular flexibility index (Phi) is 5.51. The van der Waals surface area contributed by atoms with E-state index in [2.05, 4.69) is 19.2 Å². The van der Waals surface area contributed by atoms with E-state index in [4.69, 9.17) is 0 Å². The van der Waals surface area contributed by atoms with E-state index in [1.165, 1.54) is 6.07 Å². The molecule has 96 valence electrons. The molecule has 0 aliphatic carbocycles. The van der Waals surface area contributed by atoms with Crippen molar-refractivity contribution in [1.29, 1.82) is 0 Å². The molecule has 0 bridgehead atoms. The minimum atomic E-state index is -1.15. The quantitative estimate of drug-likeness (QED) is 0.753. The van der Waals surface area contributed by atoms with E-state index >= 15 is 0 Å². The summed E-state index contributed by atoms with van der Waals surface area (Å²) in [6.07, 6.45) is -0.185. The van der Waals surface area contributed by atoms with E-state index in [0.717, 1.165) is 25.1 Å². The average molecular weight is 243 g/mol. The second-order valence-electron chi connectivity index (χ2n) is 4.54. The van der Waals surface area contributed by atoms with Crippen molar-refractivity contribution in [2.24, 2.45) is 5.92 Å². The summed E-state index contributed by atoms with van der Waals surface area (Å²) in [7, 11) is 0. The third kappa shape index (κ3) is 4.40. The molecule has 2 nitrogen and oxygen atoms in total. The Hall–Kier alpha value is -1.00. The van der Waals surface area contributed by atoms with Gasteiger partial charge in [0.15, 0.2) is 0 Å². The second kappa shape index (κ2) is 6.67. The molecule has 4 heteroatoms. The standard InChI is InChI=1S/C13H19F2NO/c1-9(2)6-7-16-8-12(17)13-10(14)4-3-5-11(13)15/h3-5,9,12,16-17H,6-8H2,1-2H3. The van der Waals surface area contributed by atoms with Crippen LogP contribution in [0.1, 0.15) is 31.9 Å². The van der Waals surface area contributed by atoms with Crippen LogP contribution in [0.3, 0.4) is 0 Å². The fraction of sp³-hybridized carbons (Fsp3) is 0.538. The number of hydrogen-bond acceptors (Lipinski definition) is 2. The number of hydrogen-bond donors (Lipinski definition) is 2. The molecule has 0 aliphatic heterocycles. The van der Waals surface area contributed by atoms with Crippen LogP contribution in [0.25, 0.3) is 0 Å². The van der Waals surface area contributed by atoms with Gasteiger partial charge < -0.3 is 10.4 Å². The molecule has 1 atom stereocenters. The lowest BCUT2D eigenvalue weighted by atomic mass is 10.1.